The summed E-state index contributed by atoms with van der Waals surface area (Å²) >= 11 is 0. The number of carbonyl (C=O) groups excluding carboxylic acids is 1. The van der Waals surface area contributed by atoms with Gasteiger partial charge in [-0.25, -0.2) is 4.39 Å². The zero-order valence-electron chi connectivity index (χ0n) is 11.9. The van der Waals surface area contributed by atoms with Crippen LogP contribution in [-0.2, 0) is 0 Å². The van der Waals surface area contributed by atoms with Crippen LogP contribution in [0.3, 0.4) is 0 Å². The molecule has 0 heterocycles. The quantitative estimate of drug-likeness (QED) is 0.690. The average Bonchev–Trinajstić information content (AvgIpc) is 2.54. The van der Waals surface area contributed by atoms with Crippen molar-refractivity contribution >= 4 is 17.3 Å². The number of halogens is 1. The molecule has 2 aromatic rings. The molecule has 0 aromatic heterocycles. The Morgan fingerprint density at radius 1 is 1.35 bits per heavy atom. The Balaban J connectivity index is 2.35. The van der Waals surface area contributed by atoms with Crippen molar-refractivity contribution in [3.05, 3.63) is 63.5 Å². The van der Waals surface area contributed by atoms with Crippen molar-refractivity contribution in [3.8, 4) is 11.8 Å². The van der Waals surface area contributed by atoms with Crippen molar-refractivity contribution in [3.63, 3.8) is 0 Å². The monoisotopic (exact) mass is 315 g/mol. The topological polar surface area (TPSA) is 105 Å². The van der Waals surface area contributed by atoms with Gasteiger partial charge in [0, 0.05) is 12.1 Å². The number of non-ortho nitro benzene ring substituents is 1. The third kappa shape index (κ3) is 3.41. The summed E-state index contributed by atoms with van der Waals surface area (Å²) in [4.78, 5) is 22.3. The smallest absolute Gasteiger partial charge is 0.271 e. The van der Waals surface area contributed by atoms with Crippen LogP contribution in [-0.4, -0.2) is 17.9 Å². The largest absolute Gasteiger partial charge is 0.495 e. The highest BCUT2D eigenvalue weighted by Gasteiger charge is 2.17. The fourth-order valence-corrected chi connectivity index (χ4v) is 1.87. The van der Waals surface area contributed by atoms with E-state index in [0.717, 1.165) is 18.2 Å². The fraction of sp³-hybridized carbons (Fsp3) is 0.0667. The van der Waals surface area contributed by atoms with E-state index < -0.39 is 16.6 Å². The molecule has 8 heteroatoms. The van der Waals surface area contributed by atoms with Crippen molar-refractivity contribution in [1.82, 2.24) is 0 Å². The lowest BCUT2D eigenvalue weighted by atomic mass is 10.1. The van der Waals surface area contributed by atoms with Crippen molar-refractivity contribution in [2.24, 2.45) is 0 Å². The Bertz CT molecular complexity index is 830. The zero-order valence-corrected chi connectivity index (χ0v) is 11.9. The number of nitrogens with one attached hydrogen (secondary N) is 1. The number of nitro benzene ring substituents is 1. The summed E-state index contributed by atoms with van der Waals surface area (Å²) in [7, 11) is 1.33. The van der Waals surface area contributed by atoms with Crippen LogP contribution in [0.1, 0.15) is 15.9 Å². The van der Waals surface area contributed by atoms with Gasteiger partial charge in [0.05, 0.1) is 34.9 Å². The van der Waals surface area contributed by atoms with Gasteiger partial charge in [-0.05, 0) is 24.3 Å². The van der Waals surface area contributed by atoms with Crippen LogP contribution >= 0.6 is 0 Å². The van der Waals surface area contributed by atoms with Crippen molar-refractivity contribution in [2.75, 3.05) is 12.4 Å². The summed E-state index contributed by atoms with van der Waals surface area (Å²) in [5.74, 6) is -1.49. The third-order valence-electron chi connectivity index (χ3n) is 2.98. The number of amides is 1. The second kappa shape index (κ2) is 6.53. The molecule has 0 atom stereocenters. The Morgan fingerprint density at radius 3 is 2.65 bits per heavy atom. The van der Waals surface area contributed by atoms with Gasteiger partial charge < -0.3 is 10.1 Å². The van der Waals surface area contributed by atoms with Gasteiger partial charge in [-0.3, -0.25) is 14.9 Å². The second-order valence-electron chi connectivity index (χ2n) is 4.40. The number of nitro groups is 1. The van der Waals surface area contributed by atoms with Crippen molar-refractivity contribution in [1.29, 1.82) is 5.26 Å². The number of rotatable bonds is 4. The molecule has 0 saturated carbocycles. The molecule has 1 amide bonds. The number of nitriles is 1. The fourth-order valence-electron chi connectivity index (χ4n) is 1.87. The molecule has 0 aliphatic carbocycles. The van der Waals surface area contributed by atoms with E-state index in [4.69, 9.17) is 10.00 Å². The van der Waals surface area contributed by atoms with Crippen LogP contribution < -0.4 is 10.1 Å². The Kier molecular flexibility index (Phi) is 4.52. The molecular formula is C15H10FN3O4. The summed E-state index contributed by atoms with van der Waals surface area (Å²) < 4.78 is 18.8. The van der Waals surface area contributed by atoms with Crippen LogP contribution in [0.2, 0.25) is 0 Å². The lowest BCUT2D eigenvalue weighted by molar-refractivity contribution is -0.384. The average molecular weight is 315 g/mol. The van der Waals surface area contributed by atoms with Crippen LogP contribution in [0.15, 0.2) is 36.4 Å². The predicted molar refractivity (Wildman–Crippen MR) is 78.7 cm³/mol. The lowest BCUT2D eigenvalue weighted by Gasteiger charge is -2.10. The summed E-state index contributed by atoms with van der Waals surface area (Å²) in [5.41, 5.74) is -0.429. The van der Waals surface area contributed by atoms with E-state index in [1.165, 1.54) is 25.3 Å². The molecule has 0 fully saturated rings. The van der Waals surface area contributed by atoms with Crippen molar-refractivity contribution < 1.29 is 18.8 Å². The van der Waals surface area contributed by atoms with E-state index in [2.05, 4.69) is 5.32 Å². The van der Waals surface area contributed by atoms with Gasteiger partial charge in [0.1, 0.15) is 11.6 Å². The van der Waals surface area contributed by atoms with Gasteiger partial charge >= 0.3 is 0 Å². The molecule has 0 spiro atoms. The molecule has 2 rings (SSSR count). The highest BCUT2D eigenvalue weighted by molar-refractivity contribution is 6.05. The van der Waals surface area contributed by atoms with Crippen LogP contribution in [0.4, 0.5) is 15.8 Å². The number of carbonyl (C=O) groups is 1. The molecular weight excluding hydrogens is 305 g/mol. The summed E-state index contributed by atoms with van der Waals surface area (Å²) in [6.07, 6.45) is 0. The number of ether oxygens (including phenoxy) is 1. The molecule has 0 aliphatic heterocycles. The number of benzene rings is 2. The normalized spacial score (nSPS) is 9.78. The third-order valence-corrected chi connectivity index (χ3v) is 2.98. The van der Waals surface area contributed by atoms with Gasteiger partial charge in [-0.15, -0.1) is 0 Å². The van der Waals surface area contributed by atoms with E-state index in [0.29, 0.717) is 0 Å². The van der Waals surface area contributed by atoms with Crippen LogP contribution in [0.5, 0.6) is 5.75 Å². The Morgan fingerprint density at radius 2 is 2.09 bits per heavy atom. The molecule has 116 valence electrons. The predicted octanol–water partition coefficient (Wildman–Crippen LogP) is 2.87. The summed E-state index contributed by atoms with van der Waals surface area (Å²) in [5, 5.41) is 21.8. The van der Waals surface area contributed by atoms with Gasteiger partial charge in [-0.1, -0.05) is 0 Å². The number of hydrogen-bond acceptors (Lipinski definition) is 5. The molecule has 0 radical (unpaired) electrons. The van der Waals surface area contributed by atoms with Gasteiger partial charge in [-0.2, -0.15) is 5.26 Å². The number of methoxy groups -OCH3 is 1. The maximum Gasteiger partial charge on any atom is 0.271 e. The lowest BCUT2D eigenvalue weighted by Crippen LogP contribution is -2.14. The standard InChI is InChI=1S/C15H10FN3O4/c1-23-14-5-3-10(19(21)22)7-13(14)18-15(20)11-4-2-9(8-17)6-12(11)16/h2-7H,1H3,(H,18,20). The zero-order chi connectivity index (χ0) is 17.0. The Hall–Kier alpha value is -3.47. The molecule has 0 bridgehead atoms. The van der Waals surface area contributed by atoms with Crippen LogP contribution in [0, 0.1) is 27.3 Å². The number of anilines is 1. The second-order valence-corrected chi connectivity index (χ2v) is 4.40. The number of nitrogens with zero attached hydrogens (tertiary/aromatic N) is 2. The first kappa shape index (κ1) is 15.9. The highest BCUT2D eigenvalue weighted by Crippen LogP contribution is 2.29. The first-order chi connectivity index (χ1) is 11.0. The van der Waals surface area contributed by atoms with Gasteiger partial charge in [0.25, 0.3) is 11.6 Å². The van der Waals surface area contributed by atoms with Crippen LogP contribution in [0.25, 0.3) is 0 Å². The molecule has 0 unspecified atom stereocenters. The molecule has 23 heavy (non-hydrogen) atoms. The van der Waals surface area contributed by atoms with E-state index in [-0.39, 0.29) is 28.3 Å². The van der Waals surface area contributed by atoms with Gasteiger partial charge in [0.15, 0.2) is 0 Å². The highest BCUT2D eigenvalue weighted by atomic mass is 19.1. The number of hydrogen-bond donors (Lipinski definition) is 1. The minimum Gasteiger partial charge on any atom is -0.495 e. The molecule has 1 N–H and O–H groups in total. The first-order valence-electron chi connectivity index (χ1n) is 6.29. The van der Waals surface area contributed by atoms with E-state index >= 15 is 0 Å². The molecule has 0 saturated heterocycles. The SMILES string of the molecule is COc1ccc([N+](=O)[O-])cc1NC(=O)c1ccc(C#N)cc1F. The minimum atomic E-state index is -0.869. The Labute approximate surface area is 130 Å². The van der Waals surface area contributed by atoms with E-state index in [1.807, 2.05) is 0 Å². The van der Waals surface area contributed by atoms with Crippen molar-refractivity contribution in [2.45, 2.75) is 0 Å². The minimum absolute atomic E-state index is 0.0375. The van der Waals surface area contributed by atoms with E-state index in [9.17, 15) is 19.3 Å². The molecule has 0 aliphatic rings. The maximum atomic E-state index is 13.8. The molecule has 2 aromatic carbocycles. The molecule has 7 nitrogen and oxygen atoms in total. The first-order valence-corrected chi connectivity index (χ1v) is 6.29. The van der Waals surface area contributed by atoms with Gasteiger partial charge in [0.2, 0.25) is 0 Å². The summed E-state index contributed by atoms with van der Waals surface area (Å²) in [6, 6.07) is 8.79. The van der Waals surface area contributed by atoms with E-state index in [1.54, 1.807) is 6.07 Å². The maximum absolute atomic E-state index is 13.8. The summed E-state index contributed by atoms with van der Waals surface area (Å²) in [6.45, 7) is 0.